The van der Waals surface area contributed by atoms with Gasteiger partial charge in [0.1, 0.15) is 18.2 Å². The van der Waals surface area contributed by atoms with E-state index in [4.69, 9.17) is 14.2 Å². The number of ether oxygens (including phenoxy) is 4. The van der Waals surface area contributed by atoms with Crippen molar-refractivity contribution in [2.45, 2.75) is 6.61 Å². The molecule has 0 fully saturated rings. The van der Waals surface area contributed by atoms with Crippen molar-refractivity contribution in [2.24, 2.45) is 0 Å². The first-order valence-corrected chi connectivity index (χ1v) is 9.39. The molecule has 1 amide bonds. The number of nitrogens with one attached hydrogen (secondary N) is 1. The van der Waals surface area contributed by atoms with Crippen molar-refractivity contribution >= 4 is 18.0 Å². The zero-order chi connectivity index (χ0) is 22.6. The Morgan fingerprint density at radius 3 is 2.42 bits per heavy atom. The summed E-state index contributed by atoms with van der Waals surface area (Å²) >= 11 is 0. The normalized spacial score (nSPS) is 10.7. The van der Waals surface area contributed by atoms with Crippen LogP contribution in [0.2, 0.25) is 0 Å². The van der Waals surface area contributed by atoms with Crippen LogP contribution in [0.3, 0.4) is 0 Å². The Morgan fingerprint density at radius 1 is 1.06 bits per heavy atom. The van der Waals surface area contributed by atoms with Crippen LogP contribution in [0.4, 0.5) is 0 Å². The summed E-state index contributed by atoms with van der Waals surface area (Å²) in [7, 11) is 4.36. The maximum absolute atomic E-state index is 12.1. The molecule has 0 radical (unpaired) electrons. The van der Waals surface area contributed by atoms with Gasteiger partial charge in [0.15, 0.2) is 11.5 Å². The van der Waals surface area contributed by atoms with Crippen LogP contribution in [0.5, 0.6) is 11.5 Å². The van der Waals surface area contributed by atoms with Gasteiger partial charge >= 0.3 is 5.97 Å². The van der Waals surface area contributed by atoms with Gasteiger partial charge < -0.3 is 24.3 Å². The van der Waals surface area contributed by atoms with Crippen LogP contribution in [0, 0.1) is 11.3 Å². The highest BCUT2D eigenvalue weighted by Gasteiger charge is 2.11. The van der Waals surface area contributed by atoms with Gasteiger partial charge in [-0.3, -0.25) is 4.79 Å². The van der Waals surface area contributed by atoms with Crippen molar-refractivity contribution in [1.82, 2.24) is 5.32 Å². The molecule has 0 aliphatic rings. The van der Waals surface area contributed by atoms with E-state index in [1.54, 1.807) is 42.5 Å². The molecule has 0 heterocycles. The summed E-state index contributed by atoms with van der Waals surface area (Å²) < 4.78 is 20.8. The molecular weight excluding hydrogens is 400 g/mol. The van der Waals surface area contributed by atoms with Gasteiger partial charge in [0.2, 0.25) is 0 Å². The van der Waals surface area contributed by atoms with Gasteiger partial charge in [0, 0.05) is 13.7 Å². The zero-order valence-corrected chi connectivity index (χ0v) is 17.6. The standard InChI is InChI=1S/C23H24N2O6/c1-28-11-10-25-22(26)19(14-24)12-17-6-9-20(21(13-17)29-2)31-15-16-4-7-18(8-5-16)23(27)30-3/h4-9,12-13H,10-11,15H2,1-3H3,(H,25,26). The van der Waals surface area contributed by atoms with Crippen LogP contribution in [0.25, 0.3) is 6.08 Å². The molecule has 0 aromatic heterocycles. The summed E-state index contributed by atoms with van der Waals surface area (Å²) in [6.07, 6.45) is 1.47. The summed E-state index contributed by atoms with van der Waals surface area (Å²) in [6.45, 7) is 0.930. The molecule has 0 atom stereocenters. The SMILES string of the molecule is COCCNC(=O)C(C#N)=Cc1ccc(OCc2ccc(C(=O)OC)cc2)c(OC)c1. The highest BCUT2D eigenvalue weighted by atomic mass is 16.5. The number of rotatable bonds is 10. The van der Waals surface area contributed by atoms with Gasteiger partial charge in [-0.05, 0) is 41.5 Å². The Hall–Kier alpha value is -3.83. The molecule has 8 heteroatoms. The molecule has 31 heavy (non-hydrogen) atoms. The molecule has 0 spiro atoms. The molecule has 2 aromatic rings. The molecule has 0 saturated carbocycles. The molecule has 8 nitrogen and oxygen atoms in total. The number of amides is 1. The molecule has 2 aromatic carbocycles. The Kier molecular flexibility index (Phi) is 9.08. The molecule has 2 rings (SSSR count). The van der Waals surface area contributed by atoms with Crippen molar-refractivity contribution in [2.75, 3.05) is 34.5 Å². The fraction of sp³-hybridized carbons (Fsp3) is 0.261. The maximum atomic E-state index is 12.1. The smallest absolute Gasteiger partial charge is 0.337 e. The lowest BCUT2D eigenvalue weighted by molar-refractivity contribution is -0.117. The summed E-state index contributed by atoms with van der Waals surface area (Å²) in [6, 6.07) is 13.9. The molecule has 0 bridgehead atoms. The van der Waals surface area contributed by atoms with E-state index < -0.39 is 11.9 Å². The van der Waals surface area contributed by atoms with E-state index >= 15 is 0 Å². The summed E-state index contributed by atoms with van der Waals surface area (Å²) in [5.74, 6) is 0.0768. The number of hydrogen-bond acceptors (Lipinski definition) is 7. The zero-order valence-electron chi connectivity index (χ0n) is 17.6. The second-order valence-corrected chi connectivity index (χ2v) is 6.31. The van der Waals surface area contributed by atoms with E-state index in [0.717, 1.165) is 5.56 Å². The third-order valence-corrected chi connectivity index (χ3v) is 4.22. The monoisotopic (exact) mass is 424 g/mol. The lowest BCUT2D eigenvalue weighted by Gasteiger charge is -2.12. The Bertz CT molecular complexity index is 977. The lowest BCUT2D eigenvalue weighted by Crippen LogP contribution is -2.27. The predicted octanol–water partition coefficient (Wildman–Crippen LogP) is 2.73. The van der Waals surface area contributed by atoms with Crippen LogP contribution in [-0.4, -0.2) is 46.4 Å². The topological polar surface area (TPSA) is 107 Å². The Labute approximate surface area is 181 Å². The fourth-order valence-electron chi connectivity index (χ4n) is 2.59. The number of methoxy groups -OCH3 is 3. The quantitative estimate of drug-likeness (QED) is 0.270. The predicted molar refractivity (Wildman–Crippen MR) is 114 cm³/mol. The van der Waals surface area contributed by atoms with Crippen molar-refractivity contribution in [1.29, 1.82) is 5.26 Å². The molecule has 0 aliphatic heterocycles. The van der Waals surface area contributed by atoms with Gasteiger partial charge in [-0.15, -0.1) is 0 Å². The highest BCUT2D eigenvalue weighted by Crippen LogP contribution is 2.29. The van der Waals surface area contributed by atoms with Crippen LogP contribution in [-0.2, 0) is 20.9 Å². The Morgan fingerprint density at radius 2 is 1.81 bits per heavy atom. The van der Waals surface area contributed by atoms with Crippen molar-refractivity contribution in [3.05, 3.63) is 64.7 Å². The largest absolute Gasteiger partial charge is 0.493 e. The van der Waals surface area contributed by atoms with Crippen LogP contribution in [0.1, 0.15) is 21.5 Å². The molecule has 0 aliphatic carbocycles. The second kappa shape index (κ2) is 12.0. The number of benzene rings is 2. The number of carbonyl (C=O) groups excluding carboxylic acids is 2. The molecular formula is C23H24N2O6. The minimum atomic E-state index is -0.478. The third-order valence-electron chi connectivity index (χ3n) is 4.22. The average Bonchev–Trinajstić information content (AvgIpc) is 2.81. The maximum Gasteiger partial charge on any atom is 0.337 e. The fourth-order valence-corrected chi connectivity index (χ4v) is 2.59. The van der Waals surface area contributed by atoms with E-state index in [1.807, 2.05) is 6.07 Å². The van der Waals surface area contributed by atoms with Crippen molar-refractivity contribution in [3.63, 3.8) is 0 Å². The third kappa shape index (κ3) is 6.87. The number of hydrogen-bond donors (Lipinski definition) is 1. The molecule has 1 N–H and O–H groups in total. The summed E-state index contributed by atoms with van der Waals surface area (Å²) in [5.41, 5.74) is 1.90. The van der Waals surface area contributed by atoms with E-state index in [9.17, 15) is 14.9 Å². The van der Waals surface area contributed by atoms with Crippen LogP contribution in [0.15, 0.2) is 48.0 Å². The Balaban J connectivity index is 2.09. The number of esters is 1. The number of nitriles is 1. The molecule has 162 valence electrons. The van der Waals surface area contributed by atoms with Gasteiger partial charge in [0.05, 0.1) is 26.4 Å². The molecule has 0 saturated heterocycles. The summed E-state index contributed by atoms with van der Waals surface area (Å²) in [4.78, 5) is 23.6. The first-order chi connectivity index (χ1) is 15.0. The minimum Gasteiger partial charge on any atom is -0.493 e. The van der Waals surface area contributed by atoms with E-state index in [2.05, 4.69) is 10.1 Å². The lowest BCUT2D eigenvalue weighted by atomic mass is 10.1. The van der Waals surface area contributed by atoms with Crippen molar-refractivity contribution in [3.8, 4) is 17.6 Å². The van der Waals surface area contributed by atoms with E-state index in [0.29, 0.717) is 35.8 Å². The average molecular weight is 424 g/mol. The van der Waals surface area contributed by atoms with E-state index in [-0.39, 0.29) is 12.2 Å². The summed E-state index contributed by atoms with van der Waals surface area (Å²) in [5, 5.41) is 11.9. The van der Waals surface area contributed by atoms with Gasteiger partial charge in [-0.1, -0.05) is 18.2 Å². The van der Waals surface area contributed by atoms with Gasteiger partial charge in [0.25, 0.3) is 5.91 Å². The van der Waals surface area contributed by atoms with E-state index in [1.165, 1.54) is 27.4 Å². The van der Waals surface area contributed by atoms with Gasteiger partial charge in [-0.2, -0.15) is 5.26 Å². The number of carbonyl (C=O) groups is 2. The highest BCUT2D eigenvalue weighted by molar-refractivity contribution is 6.01. The second-order valence-electron chi connectivity index (χ2n) is 6.31. The van der Waals surface area contributed by atoms with Crippen LogP contribution < -0.4 is 14.8 Å². The number of nitrogens with zero attached hydrogens (tertiary/aromatic N) is 1. The van der Waals surface area contributed by atoms with Crippen molar-refractivity contribution < 1.29 is 28.5 Å². The van der Waals surface area contributed by atoms with Crippen LogP contribution >= 0.6 is 0 Å². The first-order valence-electron chi connectivity index (χ1n) is 9.39. The van der Waals surface area contributed by atoms with Gasteiger partial charge in [-0.25, -0.2) is 4.79 Å². The molecule has 0 unspecified atom stereocenters. The minimum absolute atomic E-state index is 0.0301. The first kappa shape index (κ1) is 23.4.